The first-order valence-corrected chi connectivity index (χ1v) is 9.55. The number of halogens is 1. The van der Waals surface area contributed by atoms with E-state index in [2.05, 4.69) is 25.6 Å². The van der Waals surface area contributed by atoms with Crippen LogP contribution in [0, 0.1) is 41.5 Å². The van der Waals surface area contributed by atoms with Crippen LogP contribution in [0.4, 0.5) is 5.82 Å². The van der Waals surface area contributed by atoms with Crippen molar-refractivity contribution < 1.29 is 8.42 Å². The van der Waals surface area contributed by atoms with Gasteiger partial charge in [-0.15, -0.1) is 0 Å². The summed E-state index contributed by atoms with van der Waals surface area (Å²) in [6, 6.07) is 1.83. The SMILES string of the molecule is Cc1cc(Br)cnc1NS(=O)(=O)c1c(C)c(C)c(C)c(C)c1C. The summed E-state index contributed by atoms with van der Waals surface area (Å²) in [7, 11) is -3.70. The molecular formula is C17H21BrN2O2S. The topological polar surface area (TPSA) is 59.1 Å². The molecule has 0 atom stereocenters. The van der Waals surface area contributed by atoms with Crippen molar-refractivity contribution in [2.24, 2.45) is 0 Å². The molecule has 0 fully saturated rings. The van der Waals surface area contributed by atoms with Crippen LogP contribution in [0.25, 0.3) is 0 Å². The molecule has 0 saturated heterocycles. The minimum absolute atomic E-state index is 0.349. The predicted molar refractivity (Wildman–Crippen MR) is 97.6 cm³/mol. The molecule has 6 heteroatoms. The van der Waals surface area contributed by atoms with Gasteiger partial charge in [0.25, 0.3) is 10.0 Å². The van der Waals surface area contributed by atoms with E-state index >= 15 is 0 Å². The van der Waals surface area contributed by atoms with E-state index in [4.69, 9.17) is 0 Å². The number of nitrogens with one attached hydrogen (secondary N) is 1. The van der Waals surface area contributed by atoms with Crippen LogP contribution in [-0.2, 0) is 10.0 Å². The number of hydrogen-bond donors (Lipinski definition) is 1. The largest absolute Gasteiger partial charge is 0.263 e. The van der Waals surface area contributed by atoms with Gasteiger partial charge in [-0.05, 0) is 96.9 Å². The summed E-state index contributed by atoms with van der Waals surface area (Å²) in [5.74, 6) is 0.350. The van der Waals surface area contributed by atoms with E-state index in [1.165, 1.54) is 0 Å². The summed E-state index contributed by atoms with van der Waals surface area (Å²) >= 11 is 3.33. The first-order chi connectivity index (χ1) is 10.6. The molecule has 0 aliphatic rings. The summed E-state index contributed by atoms with van der Waals surface area (Å²) in [5, 5.41) is 0. The molecule has 0 radical (unpaired) electrons. The number of rotatable bonds is 3. The minimum Gasteiger partial charge on any atom is -0.263 e. The molecule has 0 aliphatic heterocycles. The number of hydrogen-bond acceptors (Lipinski definition) is 3. The third-order valence-electron chi connectivity index (χ3n) is 4.48. The van der Waals surface area contributed by atoms with Gasteiger partial charge in [-0.2, -0.15) is 0 Å². The van der Waals surface area contributed by atoms with Gasteiger partial charge in [0, 0.05) is 10.7 Å². The summed E-state index contributed by atoms with van der Waals surface area (Å²) in [6.07, 6.45) is 1.58. The molecule has 4 nitrogen and oxygen atoms in total. The molecule has 0 bridgehead atoms. The van der Waals surface area contributed by atoms with Crippen LogP contribution >= 0.6 is 15.9 Å². The normalized spacial score (nSPS) is 11.6. The fraction of sp³-hybridized carbons (Fsp3) is 0.353. The lowest BCUT2D eigenvalue weighted by Gasteiger charge is -2.19. The average Bonchev–Trinajstić information content (AvgIpc) is 2.46. The maximum atomic E-state index is 12.9. The van der Waals surface area contributed by atoms with E-state index in [0.717, 1.165) is 37.9 Å². The number of aromatic nitrogens is 1. The van der Waals surface area contributed by atoms with Crippen molar-refractivity contribution >= 4 is 31.8 Å². The van der Waals surface area contributed by atoms with E-state index in [1.54, 1.807) is 6.20 Å². The van der Waals surface area contributed by atoms with Gasteiger partial charge in [-0.1, -0.05) is 0 Å². The minimum atomic E-state index is -3.70. The molecule has 0 aliphatic carbocycles. The standard InChI is InChI=1S/C17H21BrN2O2S/c1-9-7-15(18)8-19-17(9)20-23(21,22)16-13(5)11(3)10(2)12(4)14(16)6/h7-8H,1-6H3,(H,19,20). The second kappa shape index (κ2) is 6.24. The first-order valence-electron chi connectivity index (χ1n) is 7.28. The zero-order valence-electron chi connectivity index (χ0n) is 14.2. The van der Waals surface area contributed by atoms with Gasteiger partial charge in [-0.3, -0.25) is 4.72 Å². The van der Waals surface area contributed by atoms with E-state index in [9.17, 15) is 8.42 Å². The van der Waals surface area contributed by atoms with E-state index in [1.807, 2.05) is 47.6 Å². The Morgan fingerprint density at radius 3 is 1.87 bits per heavy atom. The Kier molecular flexibility index (Phi) is 4.87. The van der Waals surface area contributed by atoms with Crippen molar-refractivity contribution in [3.63, 3.8) is 0 Å². The number of aryl methyl sites for hydroxylation is 1. The Labute approximate surface area is 146 Å². The summed E-state index contributed by atoms with van der Waals surface area (Å²) in [4.78, 5) is 4.52. The Hall–Kier alpha value is -1.40. The highest BCUT2D eigenvalue weighted by atomic mass is 79.9. The quantitative estimate of drug-likeness (QED) is 0.830. The maximum Gasteiger partial charge on any atom is 0.263 e. The van der Waals surface area contributed by atoms with Crippen molar-refractivity contribution in [1.82, 2.24) is 4.98 Å². The molecule has 124 valence electrons. The lowest BCUT2D eigenvalue weighted by Crippen LogP contribution is -2.19. The monoisotopic (exact) mass is 396 g/mol. The van der Waals surface area contributed by atoms with Crippen molar-refractivity contribution in [3.05, 3.63) is 50.1 Å². The third kappa shape index (κ3) is 3.28. The molecule has 1 aromatic heterocycles. The lowest BCUT2D eigenvalue weighted by atomic mass is 9.95. The van der Waals surface area contributed by atoms with Gasteiger partial charge in [0.15, 0.2) is 0 Å². The van der Waals surface area contributed by atoms with Crippen LogP contribution in [-0.4, -0.2) is 13.4 Å². The molecule has 0 unspecified atom stereocenters. The maximum absolute atomic E-state index is 12.9. The zero-order valence-corrected chi connectivity index (χ0v) is 16.6. The molecule has 0 amide bonds. The van der Waals surface area contributed by atoms with Gasteiger partial charge >= 0.3 is 0 Å². The lowest BCUT2D eigenvalue weighted by molar-refractivity contribution is 0.599. The molecule has 0 spiro atoms. The summed E-state index contributed by atoms with van der Waals surface area (Å²) in [6.45, 7) is 11.5. The zero-order chi connectivity index (χ0) is 17.5. The van der Waals surface area contributed by atoms with Gasteiger partial charge in [-0.25, -0.2) is 13.4 Å². The summed E-state index contributed by atoms with van der Waals surface area (Å²) < 4.78 is 29.3. The Morgan fingerprint density at radius 1 is 0.913 bits per heavy atom. The number of anilines is 1. The van der Waals surface area contributed by atoms with Crippen molar-refractivity contribution in [1.29, 1.82) is 0 Å². The van der Waals surface area contributed by atoms with Crippen LogP contribution in [0.15, 0.2) is 21.6 Å². The van der Waals surface area contributed by atoms with Crippen LogP contribution in [0.5, 0.6) is 0 Å². The third-order valence-corrected chi connectivity index (χ3v) is 6.52. The smallest absolute Gasteiger partial charge is 0.263 e. The van der Waals surface area contributed by atoms with E-state index in [-0.39, 0.29) is 0 Å². The molecular weight excluding hydrogens is 376 g/mol. The molecule has 23 heavy (non-hydrogen) atoms. The van der Waals surface area contributed by atoms with Crippen molar-refractivity contribution in [3.8, 4) is 0 Å². The van der Waals surface area contributed by atoms with Crippen LogP contribution in [0.3, 0.4) is 0 Å². The number of nitrogens with zero attached hydrogens (tertiary/aromatic N) is 1. The van der Waals surface area contributed by atoms with Crippen molar-refractivity contribution in [2.45, 2.75) is 46.4 Å². The first kappa shape index (κ1) is 17.9. The highest BCUT2D eigenvalue weighted by Gasteiger charge is 2.24. The second-order valence-electron chi connectivity index (χ2n) is 5.88. The molecule has 1 N–H and O–H groups in total. The van der Waals surface area contributed by atoms with Gasteiger partial charge in [0.1, 0.15) is 5.82 Å². The molecule has 1 aromatic carbocycles. The number of benzene rings is 1. The molecule has 0 saturated carbocycles. The second-order valence-corrected chi connectivity index (χ2v) is 8.41. The number of sulfonamides is 1. The predicted octanol–water partition coefficient (Wildman–Crippen LogP) is 4.50. The van der Waals surface area contributed by atoms with Crippen molar-refractivity contribution in [2.75, 3.05) is 4.72 Å². The van der Waals surface area contributed by atoms with Gasteiger partial charge < -0.3 is 0 Å². The van der Waals surface area contributed by atoms with Crippen LogP contribution in [0.1, 0.15) is 33.4 Å². The van der Waals surface area contributed by atoms with E-state index in [0.29, 0.717) is 10.7 Å². The Bertz CT molecular complexity index is 861. The van der Waals surface area contributed by atoms with Gasteiger partial charge in [0.05, 0.1) is 4.90 Å². The fourth-order valence-corrected chi connectivity index (χ4v) is 4.82. The fourth-order valence-electron chi connectivity index (χ4n) is 2.69. The highest BCUT2D eigenvalue weighted by Crippen LogP contribution is 2.31. The Morgan fingerprint density at radius 2 is 1.39 bits per heavy atom. The van der Waals surface area contributed by atoms with E-state index < -0.39 is 10.0 Å². The van der Waals surface area contributed by atoms with Gasteiger partial charge in [0.2, 0.25) is 0 Å². The molecule has 2 rings (SSSR count). The summed E-state index contributed by atoms with van der Waals surface area (Å²) in [5.41, 5.74) is 5.49. The number of pyridine rings is 1. The Balaban J connectivity index is 2.61. The molecule has 1 heterocycles. The average molecular weight is 397 g/mol. The molecule has 2 aromatic rings. The van der Waals surface area contributed by atoms with Crippen LogP contribution < -0.4 is 4.72 Å². The van der Waals surface area contributed by atoms with Crippen LogP contribution in [0.2, 0.25) is 0 Å². The highest BCUT2D eigenvalue weighted by molar-refractivity contribution is 9.10.